The zero-order valence-corrected chi connectivity index (χ0v) is 11.9. The lowest BCUT2D eigenvalue weighted by Gasteiger charge is -2.35. The van der Waals surface area contributed by atoms with E-state index in [0.717, 1.165) is 17.9 Å². The largest absolute Gasteiger partial charge is 0.314 e. The van der Waals surface area contributed by atoms with Gasteiger partial charge in [-0.1, -0.05) is 19.8 Å². The third-order valence-corrected chi connectivity index (χ3v) is 4.89. The van der Waals surface area contributed by atoms with Crippen LogP contribution in [0.3, 0.4) is 0 Å². The fourth-order valence-electron chi connectivity index (χ4n) is 3.41. The lowest BCUT2D eigenvalue weighted by Crippen LogP contribution is -2.33. The quantitative estimate of drug-likeness (QED) is 0.882. The van der Waals surface area contributed by atoms with Crippen LogP contribution >= 0.6 is 0 Å². The average molecular weight is 259 g/mol. The molecule has 1 aromatic heterocycles. The highest BCUT2D eigenvalue weighted by Crippen LogP contribution is 2.40. The van der Waals surface area contributed by atoms with Crippen molar-refractivity contribution in [2.24, 2.45) is 11.8 Å². The van der Waals surface area contributed by atoms with E-state index in [9.17, 15) is 0 Å². The molecular weight excluding hydrogens is 234 g/mol. The topological polar surface area (TPSA) is 37.8 Å². The Morgan fingerprint density at radius 3 is 2.79 bits per heavy atom. The van der Waals surface area contributed by atoms with Crippen molar-refractivity contribution < 1.29 is 0 Å². The molecule has 0 aliphatic heterocycles. The Morgan fingerprint density at radius 1 is 1.21 bits per heavy atom. The van der Waals surface area contributed by atoms with E-state index in [2.05, 4.69) is 22.2 Å². The van der Waals surface area contributed by atoms with E-state index in [1.165, 1.54) is 50.8 Å². The molecule has 3 nitrogen and oxygen atoms in total. The van der Waals surface area contributed by atoms with Crippen LogP contribution in [0.15, 0.2) is 18.6 Å². The van der Waals surface area contributed by atoms with Gasteiger partial charge in [-0.3, -0.25) is 9.97 Å². The minimum atomic E-state index is 0.610. The second-order valence-corrected chi connectivity index (χ2v) is 6.27. The SMILES string of the molecule is CCC1CCC(CNC2CC2)C(c2cnccn2)C1. The van der Waals surface area contributed by atoms with Gasteiger partial charge in [0.05, 0.1) is 5.69 Å². The molecule has 0 spiro atoms. The zero-order valence-electron chi connectivity index (χ0n) is 11.9. The second kappa shape index (κ2) is 6.00. The van der Waals surface area contributed by atoms with Crippen LogP contribution in [0, 0.1) is 11.8 Å². The summed E-state index contributed by atoms with van der Waals surface area (Å²) in [6.45, 7) is 3.49. The van der Waals surface area contributed by atoms with Crippen molar-refractivity contribution in [3.8, 4) is 0 Å². The van der Waals surface area contributed by atoms with Crippen molar-refractivity contribution >= 4 is 0 Å². The zero-order chi connectivity index (χ0) is 13.1. The summed E-state index contributed by atoms with van der Waals surface area (Å²) in [6, 6.07) is 0.811. The third-order valence-electron chi connectivity index (χ3n) is 4.89. The molecule has 0 radical (unpaired) electrons. The first-order chi connectivity index (χ1) is 9.36. The molecule has 1 N–H and O–H groups in total. The van der Waals surface area contributed by atoms with Crippen LogP contribution in [-0.4, -0.2) is 22.6 Å². The molecule has 3 heteroatoms. The van der Waals surface area contributed by atoms with Crippen LogP contribution in [-0.2, 0) is 0 Å². The number of aromatic nitrogens is 2. The van der Waals surface area contributed by atoms with E-state index in [0.29, 0.717) is 5.92 Å². The summed E-state index contributed by atoms with van der Waals surface area (Å²) in [5.74, 6) is 2.24. The molecule has 3 atom stereocenters. The Balaban J connectivity index is 1.69. The smallest absolute Gasteiger partial charge is 0.0620 e. The highest BCUT2D eigenvalue weighted by Gasteiger charge is 2.33. The molecule has 0 aromatic carbocycles. The van der Waals surface area contributed by atoms with Crippen LogP contribution in [0.5, 0.6) is 0 Å². The highest BCUT2D eigenvalue weighted by atomic mass is 14.9. The normalized spacial score (nSPS) is 31.3. The van der Waals surface area contributed by atoms with Crippen molar-refractivity contribution in [2.75, 3.05) is 6.54 Å². The predicted molar refractivity (Wildman–Crippen MR) is 76.9 cm³/mol. The predicted octanol–water partition coefficient (Wildman–Crippen LogP) is 3.14. The first kappa shape index (κ1) is 13.0. The molecule has 2 aliphatic rings. The highest BCUT2D eigenvalue weighted by molar-refractivity contribution is 5.08. The standard InChI is InChI=1S/C16H25N3/c1-2-12-3-4-13(10-19-14-5-6-14)15(9-12)16-11-17-7-8-18-16/h7-8,11-15,19H,2-6,9-10H2,1H3. The molecule has 3 rings (SSSR count). The molecule has 2 aliphatic carbocycles. The van der Waals surface area contributed by atoms with E-state index < -0.39 is 0 Å². The molecule has 1 heterocycles. The van der Waals surface area contributed by atoms with E-state index in [1.807, 2.05) is 12.4 Å². The Kier molecular flexibility index (Phi) is 4.12. The van der Waals surface area contributed by atoms with E-state index in [1.54, 1.807) is 6.20 Å². The van der Waals surface area contributed by atoms with Crippen LogP contribution in [0.2, 0.25) is 0 Å². The number of rotatable bonds is 5. The van der Waals surface area contributed by atoms with Crippen molar-refractivity contribution in [3.05, 3.63) is 24.3 Å². The van der Waals surface area contributed by atoms with Crippen LogP contribution < -0.4 is 5.32 Å². The van der Waals surface area contributed by atoms with E-state index in [4.69, 9.17) is 0 Å². The molecule has 104 valence electrons. The van der Waals surface area contributed by atoms with Crippen molar-refractivity contribution in [1.82, 2.24) is 15.3 Å². The fourth-order valence-corrected chi connectivity index (χ4v) is 3.41. The molecule has 0 amide bonds. The van der Waals surface area contributed by atoms with Crippen molar-refractivity contribution in [2.45, 2.75) is 57.4 Å². The minimum Gasteiger partial charge on any atom is -0.314 e. The number of hydrogen-bond acceptors (Lipinski definition) is 3. The molecule has 2 fully saturated rings. The first-order valence-electron chi connectivity index (χ1n) is 7.86. The van der Waals surface area contributed by atoms with Gasteiger partial charge < -0.3 is 5.32 Å². The van der Waals surface area contributed by atoms with Gasteiger partial charge >= 0.3 is 0 Å². The summed E-state index contributed by atoms with van der Waals surface area (Å²) in [5, 5.41) is 3.71. The monoisotopic (exact) mass is 259 g/mol. The number of hydrogen-bond donors (Lipinski definition) is 1. The van der Waals surface area contributed by atoms with Crippen LogP contribution in [0.4, 0.5) is 0 Å². The van der Waals surface area contributed by atoms with Gasteiger partial charge in [0.1, 0.15) is 0 Å². The lowest BCUT2D eigenvalue weighted by atomic mass is 9.72. The van der Waals surface area contributed by atoms with Gasteiger partial charge in [0.25, 0.3) is 0 Å². The van der Waals surface area contributed by atoms with E-state index >= 15 is 0 Å². The van der Waals surface area contributed by atoms with Gasteiger partial charge in [-0.25, -0.2) is 0 Å². The minimum absolute atomic E-state index is 0.610. The number of nitrogens with zero attached hydrogens (tertiary/aromatic N) is 2. The van der Waals surface area contributed by atoms with Crippen molar-refractivity contribution in [3.63, 3.8) is 0 Å². The van der Waals surface area contributed by atoms with Crippen LogP contribution in [0.25, 0.3) is 0 Å². The average Bonchev–Trinajstić information content (AvgIpc) is 3.30. The Hall–Kier alpha value is -0.960. The summed E-state index contributed by atoms with van der Waals surface area (Å²) >= 11 is 0. The fraction of sp³-hybridized carbons (Fsp3) is 0.750. The molecule has 0 saturated heterocycles. The van der Waals surface area contributed by atoms with Crippen LogP contribution in [0.1, 0.15) is 57.1 Å². The molecule has 1 aromatic rings. The molecule has 3 unspecified atom stereocenters. The van der Waals surface area contributed by atoms with E-state index in [-0.39, 0.29) is 0 Å². The molecule has 19 heavy (non-hydrogen) atoms. The summed E-state index contributed by atoms with van der Waals surface area (Å²) in [4.78, 5) is 8.84. The Morgan fingerprint density at radius 2 is 2.11 bits per heavy atom. The summed E-state index contributed by atoms with van der Waals surface area (Å²) in [7, 11) is 0. The summed E-state index contributed by atoms with van der Waals surface area (Å²) < 4.78 is 0. The second-order valence-electron chi connectivity index (χ2n) is 6.27. The summed E-state index contributed by atoms with van der Waals surface area (Å²) in [6.07, 6.45) is 13.7. The first-order valence-corrected chi connectivity index (χ1v) is 7.86. The maximum absolute atomic E-state index is 4.57. The number of nitrogens with one attached hydrogen (secondary N) is 1. The Bertz CT molecular complexity index is 388. The maximum atomic E-state index is 4.57. The Labute approximate surface area is 116 Å². The molecule has 0 bridgehead atoms. The summed E-state index contributed by atoms with van der Waals surface area (Å²) in [5.41, 5.74) is 1.21. The molecular formula is C16H25N3. The van der Waals surface area contributed by atoms with Gasteiger partial charge in [0.2, 0.25) is 0 Å². The van der Waals surface area contributed by atoms with Gasteiger partial charge in [-0.05, 0) is 44.1 Å². The molecule has 2 saturated carbocycles. The van der Waals surface area contributed by atoms with Gasteiger partial charge in [-0.2, -0.15) is 0 Å². The van der Waals surface area contributed by atoms with Crippen molar-refractivity contribution in [1.29, 1.82) is 0 Å². The maximum Gasteiger partial charge on any atom is 0.0620 e. The van der Waals surface area contributed by atoms with Gasteiger partial charge in [-0.15, -0.1) is 0 Å². The third kappa shape index (κ3) is 3.33. The van der Waals surface area contributed by atoms with Gasteiger partial charge in [0, 0.05) is 30.6 Å². The van der Waals surface area contributed by atoms with Gasteiger partial charge in [0.15, 0.2) is 0 Å². The lowest BCUT2D eigenvalue weighted by molar-refractivity contribution is 0.222.